The lowest BCUT2D eigenvalue weighted by molar-refractivity contribution is -0.144. The highest BCUT2D eigenvalue weighted by atomic mass is 16.4. The molecule has 1 atom stereocenters. The fourth-order valence-electron chi connectivity index (χ4n) is 1.96. The van der Waals surface area contributed by atoms with Crippen molar-refractivity contribution in [3.05, 3.63) is 30.1 Å². The standard InChI is InChI=1S/C13H17N3O3/c1-13(11(17)18,10-4-5-10)16-12(19)15-8-9-3-2-6-14-7-9/h2-3,6-7,10H,4-5,8H2,1H3,(H,17,18)(H2,15,16,19). The van der Waals surface area contributed by atoms with Gasteiger partial charge < -0.3 is 15.7 Å². The monoisotopic (exact) mass is 263 g/mol. The number of rotatable bonds is 5. The van der Waals surface area contributed by atoms with E-state index in [0.29, 0.717) is 6.54 Å². The molecule has 102 valence electrons. The number of carbonyl (C=O) groups is 2. The molecule has 0 bridgehead atoms. The predicted octanol–water partition coefficient (Wildman–Crippen LogP) is 1.13. The molecule has 1 saturated carbocycles. The molecule has 2 amide bonds. The molecule has 6 nitrogen and oxygen atoms in total. The lowest BCUT2D eigenvalue weighted by atomic mass is 9.96. The highest BCUT2D eigenvalue weighted by Crippen LogP contribution is 2.39. The van der Waals surface area contributed by atoms with E-state index in [2.05, 4.69) is 15.6 Å². The third-order valence-corrected chi connectivity index (χ3v) is 3.39. The highest BCUT2D eigenvalue weighted by molar-refractivity contribution is 5.86. The van der Waals surface area contributed by atoms with E-state index >= 15 is 0 Å². The van der Waals surface area contributed by atoms with Crippen LogP contribution in [0.15, 0.2) is 24.5 Å². The van der Waals surface area contributed by atoms with Gasteiger partial charge in [-0.15, -0.1) is 0 Å². The number of carboxylic acids is 1. The van der Waals surface area contributed by atoms with Crippen LogP contribution in [0.1, 0.15) is 25.3 Å². The van der Waals surface area contributed by atoms with Crippen LogP contribution >= 0.6 is 0 Å². The van der Waals surface area contributed by atoms with Gasteiger partial charge in [0.15, 0.2) is 0 Å². The first kappa shape index (κ1) is 13.3. The van der Waals surface area contributed by atoms with Gasteiger partial charge in [0, 0.05) is 18.9 Å². The zero-order valence-corrected chi connectivity index (χ0v) is 10.7. The summed E-state index contributed by atoms with van der Waals surface area (Å²) in [5.41, 5.74) is -0.319. The Bertz CT molecular complexity index is 473. The third kappa shape index (κ3) is 3.21. The molecular weight excluding hydrogens is 246 g/mol. The number of hydrogen-bond acceptors (Lipinski definition) is 3. The Hall–Kier alpha value is -2.11. The van der Waals surface area contributed by atoms with Crippen molar-refractivity contribution in [3.63, 3.8) is 0 Å². The van der Waals surface area contributed by atoms with Gasteiger partial charge in [0.2, 0.25) is 0 Å². The van der Waals surface area contributed by atoms with Gasteiger partial charge in [-0.25, -0.2) is 9.59 Å². The number of nitrogens with one attached hydrogen (secondary N) is 2. The van der Waals surface area contributed by atoms with Crippen LogP contribution in [0, 0.1) is 5.92 Å². The summed E-state index contributed by atoms with van der Waals surface area (Å²) in [6, 6.07) is 3.14. The van der Waals surface area contributed by atoms with E-state index in [0.717, 1.165) is 18.4 Å². The molecule has 0 aromatic carbocycles. The van der Waals surface area contributed by atoms with Gasteiger partial charge >= 0.3 is 12.0 Å². The molecule has 0 saturated heterocycles. The summed E-state index contributed by atoms with van der Waals surface area (Å²) in [6.45, 7) is 1.87. The second-order valence-electron chi connectivity index (χ2n) is 4.95. The Morgan fingerprint density at radius 2 is 2.26 bits per heavy atom. The Kier molecular flexibility index (Phi) is 3.69. The van der Waals surface area contributed by atoms with E-state index in [1.54, 1.807) is 25.4 Å². The van der Waals surface area contributed by atoms with Crippen molar-refractivity contribution in [2.24, 2.45) is 5.92 Å². The van der Waals surface area contributed by atoms with Crippen LogP contribution in [0.25, 0.3) is 0 Å². The average molecular weight is 263 g/mol. The quantitative estimate of drug-likeness (QED) is 0.742. The van der Waals surface area contributed by atoms with Crippen molar-refractivity contribution in [1.29, 1.82) is 0 Å². The Balaban J connectivity index is 1.88. The van der Waals surface area contributed by atoms with E-state index in [-0.39, 0.29) is 5.92 Å². The number of carboxylic acid groups (broad SMARTS) is 1. The molecule has 1 unspecified atom stereocenters. The molecule has 3 N–H and O–H groups in total. The minimum absolute atomic E-state index is 0.0224. The van der Waals surface area contributed by atoms with Gasteiger partial charge in [0.1, 0.15) is 5.54 Å². The molecule has 1 fully saturated rings. The van der Waals surface area contributed by atoms with Crippen molar-refractivity contribution in [1.82, 2.24) is 15.6 Å². The average Bonchev–Trinajstić information content (AvgIpc) is 3.22. The summed E-state index contributed by atoms with van der Waals surface area (Å²) in [5, 5.41) is 14.4. The first-order valence-electron chi connectivity index (χ1n) is 6.20. The van der Waals surface area contributed by atoms with Crippen LogP contribution < -0.4 is 10.6 Å². The number of nitrogens with zero attached hydrogens (tertiary/aromatic N) is 1. The topological polar surface area (TPSA) is 91.3 Å². The predicted molar refractivity (Wildman–Crippen MR) is 68.4 cm³/mol. The molecule has 1 aliphatic carbocycles. The molecule has 0 aliphatic heterocycles. The van der Waals surface area contributed by atoms with E-state index in [9.17, 15) is 14.7 Å². The number of aliphatic carboxylic acids is 1. The number of pyridine rings is 1. The lowest BCUT2D eigenvalue weighted by Gasteiger charge is -2.26. The van der Waals surface area contributed by atoms with Crippen molar-refractivity contribution in [3.8, 4) is 0 Å². The van der Waals surface area contributed by atoms with Crippen molar-refractivity contribution < 1.29 is 14.7 Å². The summed E-state index contributed by atoms with van der Waals surface area (Å²) >= 11 is 0. The van der Waals surface area contributed by atoms with Crippen molar-refractivity contribution >= 4 is 12.0 Å². The molecule has 1 heterocycles. The first-order chi connectivity index (χ1) is 9.02. The molecule has 2 rings (SSSR count). The number of urea groups is 1. The van der Waals surface area contributed by atoms with Gasteiger partial charge in [-0.05, 0) is 37.3 Å². The Morgan fingerprint density at radius 1 is 1.53 bits per heavy atom. The fourth-order valence-corrected chi connectivity index (χ4v) is 1.96. The van der Waals surface area contributed by atoms with Gasteiger partial charge in [-0.2, -0.15) is 0 Å². The van der Waals surface area contributed by atoms with Gasteiger partial charge in [-0.3, -0.25) is 4.98 Å². The van der Waals surface area contributed by atoms with E-state index in [1.165, 1.54) is 0 Å². The maximum atomic E-state index is 11.8. The molecule has 0 spiro atoms. The highest BCUT2D eigenvalue weighted by Gasteiger charge is 2.48. The Labute approximate surface area is 111 Å². The first-order valence-corrected chi connectivity index (χ1v) is 6.20. The zero-order valence-electron chi connectivity index (χ0n) is 10.7. The zero-order chi connectivity index (χ0) is 13.9. The summed E-state index contributed by atoms with van der Waals surface area (Å²) in [5.74, 6) is -0.972. The van der Waals surface area contributed by atoms with Crippen LogP contribution in [0.4, 0.5) is 4.79 Å². The lowest BCUT2D eigenvalue weighted by Crippen LogP contribution is -2.56. The molecule has 1 aliphatic rings. The molecule has 0 radical (unpaired) electrons. The summed E-state index contributed by atoms with van der Waals surface area (Å²) < 4.78 is 0. The molecular formula is C13H17N3O3. The van der Waals surface area contributed by atoms with E-state index < -0.39 is 17.5 Å². The van der Waals surface area contributed by atoms with Gasteiger partial charge in [0.25, 0.3) is 0 Å². The maximum absolute atomic E-state index is 11.8. The SMILES string of the molecule is CC(NC(=O)NCc1cccnc1)(C(=O)O)C1CC1. The summed E-state index contributed by atoms with van der Waals surface area (Å²) in [6.07, 6.45) is 4.98. The fraction of sp³-hybridized carbons (Fsp3) is 0.462. The van der Waals surface area contributed by atoms with Gasteiger partial charge in [0.05, 0.1) is 0 Å². The Morgan fingerprint density at radius 3 is 2.79 bits per heavy atom. The van der Waals surface area contributed by atoms with Crippen LogP contribution in [0.3, 0.4) is 0 Å². The summed E-state index contributed by atoms with van der Waals surface area (Å²) in [4.78, 5) is 27.0. The van der Waals surface area contributed by atoms with E-state index in [4.69, 9.17) is 0 Å². The van der Waals surface area contributed by atoms with Crippen molar-refractivity contribution in [2.75, 3.05) is 0 Å². The van der Waals surface area contributed by atoms with Crippen LogP contribution in [-0.2, 0) is 11.3 Å². The largest absolute Gasteiger partial charge is 0.480 e. The minimum Gasteiger partial charge on any atom is -0.480 e. The molecule has 1 aromatic heterocycles. The molecule has 19 heavy (non-hydrogen) atoms. The molecule has 1 aromatic rings. The maximum Gasteiger partial charge on any atom is 0.329 e. The number of hydrogen-bond donors (Lipinski definition) is 3. The van der Waals surface area contributed by atoms with Crippen LogP contribution in [0.2, 0.25) is 0 Å². The third-order valence-electron chi connectivity index (χ3n) is 3.39. The van der Waals surface area contributed by atoms with Crippen LogP contribution in [-0.4, -0.2) is 27.6 Å². The minimum atomic E-state index is -1.18. The normalized spacial score (nSPS) is 17.3. The summed E-state index contributed by atoms with van der Waals surface area (Å²) in [7, 11) is 0. The smallest absolute Gasteiger partial charge is 0.329 e. The number of aromatic nitrogens is 1. The molecule has 6 heteroatoms. The van der Waals surface area contributed by atoms with E-state index in [1.807, 2.05) is 6.07 Å². The van der Waals surface area contributed by atoms with Crippen LogP contribution in [0.5, 0.6) is 0 Å². The second-order valence-corrected chi connectivity index (χ2v) is 4.95. The van der Waals surface area contributed by atoms with Crippen molar-refractivity contribution in [2.45, 2.75) is 31.8 Å². The number of carbonyl (C=O) groups excluding carboxylic acids is 1. The number of amides is 2. The van der Waals surface area contributed by atoms with Gasteiger partial charge in [-0.1, -0.05) is 6.07 Å². The second kappa shape index (κ2) is 5.26.